The van der Waals surface area contributed by atoms with E-state index in [0.29, 0.717) is 0 Å². The van der Waals surface area contributed by atoms with Gasteiger partial charge in [-0.25, -0.2) is 4.68 Å². The van der Waals surface area contributed by atoms with Gasteiger partial charge in [0.05, 0.1) is 31.7 Å². The summed E-state index contributed by atoms with van der Waals surface area (Å²) in [5.41, 5.74) is 4.17. The van der Waals surface area contributed by atoms with Crippen molar-refractivity contribution in [2.45, 2.75) is 24.4 Å². The second kappa shape index (κ2) is 10.3. The molecule has 0 unspecified atom stereocenters. The number of anilines is 1. The van der Waals surface area contributed by atoms with Gasteiger partial charge in [0.2, 0.25) is 5.95 Å². The van der Waals surface area contributed by atoms with Gasteiger partial charge >= 0.3 is 0 Å². The number of hydrogen-bond donors (Lipinski definition) is 0. The summed E-state index contributed by atoms with van der Waals surface area (Å²) in [5, 5.41) is 14.9. The summed E-state index contributed by atoms with van der Waals surface area (Å²) >= 11 is 1.69. The number of thioether (sulfide) groups is 1. The van der Waals surface area contributed by atoms with E-state index in [1.54, 1.807) is 18.9 Å². The van der Waals surface area contributed by atoms with Crippen LogP contribution in [0.2, 0.25) is 0 Å². The summed E-state index contributed by atoms with van der Waals surface area (Å²) in [6.07, 6.45) is 2.11. The summed E-state index contributed by atoms with van der Waals surface area (Å²) in [7, 11) is 1.68. The van der Waals surface area contributed by atoms with Crippen LogP contribution in [0.4, 0.5) is 5.95 Å². The van der Waals surface area contributed by atoms with E-state index >= 15 is 0 Å². The molecule has 4 aromatic rings. The Labute approximate surface area is 203 Å². The van der Waals surface area contributed by atoms with Gasteiger partial charge in [-0.2, -0.15) is 5.10 Å². The quantitative estimate of drug-likeness (QED) is 0.351. The zero-order valence-electron chi connectivity index (χ0n) is 19.4. The van der Waals surface area contributed by atoms with Gasteiger partial charge in [0, 0.05) is 42.7 Å². The number of methoxy groups -OCH3 is 1. The van der Waals surface area contributed by atoms with Crippen LogP contribution in [0.3, 0.4) is 0 Å². The Balaban J connectivity index is 1.43. The molecule has 0 N–H and O–H groups in total. The Morgan fingerprint density at radius 2 is 1.76 bits per heavy atom. The van der Waals surface area contributed by atoms with Crippen molar-refractivity contribution in [3.05, 3.63) is 66.4 Å². The Hall–Kier alpha value is -3.30. The highest BCUT2D eigenvalue weighted by atomic mass is 32.2. The Morgan fingerprint density at radius 1 is 1.00 bits per heavy atom. The van der Waals surface area contributed by atoms with Crippen molar-refractivity contribution in [2.75, 3.05) is 38.3 Å². The fraction of sp³-hybridized carbons (Fsp3) is 0.320. The standard InChI is InChI=1S/C25H28N6O2S/c1-3-30-24(29-13-15-33-16-14-29)26-27-25(30)34-18-20-17-31(21-7-5-4-6-8-21)28-23(20)19-9-11-22(32-2)12-10-19/h4-12,17H,3,13-16,18H2,1-2H3. The van der Waals surface area contributed by atoms with Crippen LogP contribution in [0.1, 0.15) is 12.5 Å². The van der Waals surface area contributed by atoms with Crippen LogP contribution in [0, 0.1) is 0 Å². The van der Waals surface area contributed by atoms with Crippen molar-refractivity contribution >= 4 is 17.7 Å². The third-order valence-electron chi connectivity index (χ3n) is 5.84. The molecule has 34 heavy (non-hydrogen) atoms. The first kappa shape index (κ1) is 22.5. The lowest BCUT2D eigenvalue weighted by Gasteiger charge is -2.27. The van der Waals surface area contributed by atoms with Gasteiger partial charge in [-0.3, -0.25) is 4.57 Å². The number of benzene rings is 2. The zero-order chi connectivity index (χ0) is 23.3. The van der Waals surface area contributed by atoms with Gasteiger partial charge in [0.25, 0.3) is 0 Å². The highest BCUT2D eigenvalue weighted by Gasteiger charge is 2.21. The monoisotopic (exact) mass is 476 g/mol. The predicted octanol–water partition coefficient (Wildman–Crippen LogP) is 4.29. The maximum absolute atomic E-state index is 5.49. The third-order valence-corrected chi connectivity index (χ3v) is 6.85. The largest absolute Gasteiger partial charge is 0.497 e. The van der Waals surface area contributed by atoms with Crippen LogP contribution in [0.25, 0.3) is 16.9 Å². The van der Waals surface area contributed by atoms with E-state index in [2.05, 4.69) is 57.1 Å². The van der Waals surface area contributed by atoms with Crippen molar-refractivity contribution in [2.24, 2.45) is 0 Å². The first-order valence-corrected chi connectivity index (χ1v) is 12.4. The molecule has 0 bridgehead atoms. The Morgan fingerprint density at radius 3 is 2.47 bits per heavy atom. The average molecular weight is 477 g/mol. The molecule has 0 atom stereocenters. The van der Waals surface area contributed by atoms with E-state index < -0.39 is 0 Å². The molecule has 0 amide bonds. The van der Waals surface area contributed by atoms with Crippen molar-refractivity contribution in [1.82, 2.24) is 24.5 Å². The fourth-order valence-corrected chi connectivity index (χ4v) is 4.99. The molecule has 1 saturated heterocycles. The fourth-order valence-electron chi connectivity index (χ4n) is 4.02. The number of ether oxygens (including phenoxy) is 2. The van der Waals surface area contributed by atoms with E-state index in [0.717, 1.165) is 78.0 Å². The second-order valence-corrected chi connectivity index (χ2v) is 8.87. The molecule has 9 heteroatoms. The second-order valence-electron chi connectivity index (χ2n) is 7.93. The Kier molecular flexibility index (Phi) is 6.82. The van der Waals surface area contributed by atoms with Gasteiger partial charge in [0.1, 0.15) is 5.75 Å². The van der Waals surface area contributed by atoms with E-state index in [-0.39, 0.29) is 0 Å². The first-order valence-electron chi connectivity index (χ1n) is 11.4. The number of hydrogen-bond acceptors (Lipinski definition) is 7. The summed E-state index contributed by atoms with van der Waals surface area (Å²) in [5.74, 6) is 2.48. The van der Waals surface area contributed by atoms with Crippen LogP contribution >= 0.6 is 11.8 Å². The van der Waals surface area contributed by atoms with Gasteiger partial charge in [0.15, 0.2) is 5.16 Å². The minimum atomic E-state index is 0.725. The molecular weight excluding hydrogens is 448 g/mol. The van der Waals surface area contributed by atoms with Crippen LogP contribution in [-0.2, 0) is 17.0 Å². The lowest BCUT2D eigenvalue weighted by molar-refractivity contribution is 0.121. The number of para-hydroxylation sites is 1. The SMILES string of the molecule is CCn1c(SCc2cn(-c3ccccc3)nc2-c2ccc(OC)cc2)nnc1N1CCOCC1. The molecule has 3 heterocycles. The molecule has 0 radical (unpaired) electrons. The summed E-state index contributed by atoms with van der Waals surface area (Å²) < 4.78 is 15.0. The molecule has 1 aliphatic rings. The molecule has 1 aliphatic heterocycles. The van der Waals surface area contributed by atoms with Crippen LogP contribution in [0.15, 0.2) is 66.0 Å². The lowest BCUT2D eigenvalue weighted by atomic mass is 10.1. The smallest absolute Gasteiger partial charge is 0.228 e. The molecular formula is C25H28N6O2S. The van der Waals surface area contributed by atoms with Gasteiger partial charge in [-0.1, -0.05) is 30.0 Å². The van der Waals surface area contributed by atoms with E-state index in [9.17, 15) is 0 Å². The Bertz CT molecular complexity index is 1220. The summed E-state index contributed by atoms with van der Waals surface area (Å²) in [4.78, 5) is 2.25. The minimum Gasteiger partial charge on any atom is -0.497 e. The topological polar surface area (TPSA) is 70.2 Å². The van der Waals surface area contributed by atoms with Crippen molar-refractivity contribution < 1.29 is 9.47 Å². The van der Waals surface area contributed by atoms with Crippen molar-refractivity contribution in [3.63, 3.8) is 0 Å². The summed E-state index contributed by atoms with van der Waals surface area (Å²) in [6.45, 7) is 6.08. The van der Waals surface area contributed by atoms with E-state index in [4.69, 9.17) is 14.6 Å². The number of aromatic nitrogens is 5. The highest BCUT2D eigenvalue weighted by Crippen LogP contribution is 2.31. The predicted molar refractivity (Wildman–Crippen MR) is 134 cm³/mol. The summed E-state index contributed by atoms with van der Waals surface area (Å²) in [6, 6.07) is 18.2. The molecule has 1 fully saturated rings. The zero-order valence-corrected chi connectivity index (χ0v) is 20.2. The van der Waals surface area contributed by atoms with Gasteiger partial charge in [-0.15, -0.1) is 10.2 Å². The third kappa shape index (κ3) is 4.67. The molecule has 0 spiro atoms. The van der Waals surface area contributed by atoms with E-state index in [1.165, 1.54) is 0 Å². The molecule has 8 nitrogen and oxygen atoms in total. The van der Waals surface area contributed by atoms with Gasteiger partial charge in [-0.05, 0) is 43.3 Å². The van der Waals surface area contributed by atoms with Crippen LogP contribution in [0.5, 0.6) is 5.75 Å². The minimum absolute atomic E-state index is 0.725. The van der Waals surface area contributed by atoms with E-state index in [1.807, 2.05) is 35.0 Å². The maximum atomic E-state index is 5.49. The van der Waals surface area contributed by atoms with Crippen LogP contribution < -0.4 is 9.64 Å². The average Bonchev–Trinajstić information content (AvgIpc) is 3.52. The van der Waals surface area contributed by atoms with Crippen molar-refractivity contribution in [3.8, 4) is 22.7 Å². The number of nitrogens with zero attached hydrogens (tertiary/aromatic N) is 6. The molecule has 176 valence electrons. The number of morpholine rings is 1. The number of rotatable bonds is 8. The molecule has 0 aliphatic carbocycles. The van der Waals surface area contributed by atoms with Crippen LogP contribution in [-0.4, -0.2) is 58.0 Å². The van der Waals surface area contributed by atoms with Gasteiger partial charge < -0.3 is 14.4 Å². The normalized spacial score (nSPS) is 13.9. The molecule has 2 aromatic carbocycles. The lowest BCUT2D eigenvalue weighted by Crippen LogP contribution is -2.38. The molecule has 2 aromatic heterocycles. The highest BCUT2D eigenvalue weighted by molar-refractivity contribution is 7.98. The molecule has 5 rings (SSSR count). The molecule has 0 saturated carbocycles. The van der Waals surface area contributed by atoms with Crippen molar-refractivity contribution in [1.29, 1.82) is 0 Å². The maximum Gasteiger partial charge on any atom is 0.228 e. The first-order chi connectivity index (χ1) is 16.8.